The first-order valence-electron chi connectivity index (χ1n) is 7.35. The zero-order valence-electron chi connectivity index (χ0n) is 13.3. The Bertz CT molecular complexity index is 468. The molecule has 0 heterocycles. The molecule has 1 aromatic carbocycles. The highest BCUT2D eigenvalue weighted by molar-refractivity contribution is 5.97. The Kier molecular flexibility index (Phi) is 9.45. The number of carbonyl (C=O) groups excluding carboxylic acids is 2. The lowest BCUT2D eigenvalue weighted by Gasteiger charge is -2.25. The lowest BCUT2D eigenvalue weighted by molar-refractivity contribution is -0.124. The topological polar surface area (TPSA) is 84.2 Å². The molecule has 0 fully saturated rings. The van der Waals surface area contributed by atoms with Crippen LogP contribution in [-0.2, 0) is 4.79 Å². The van der Waals surface area contributed by atoms with E-state index in [1.807, 2.05) is 26.8 Å². The number of carbonyl (C=O) groups is 2. The highest BCUT2D eigenvalue weighted by Crippen LogP contribution is 2.10. The van der Waals surface area contributed by atoms with E-state index in [2.05, 4.69) is 10.6 Å². The van der Waals surface area contributed by atoms with Crippen molar-refractivity contribution in [1.82, 2.24) is 10.6 Å². The molecule has 4 N–H and O–H groups in total. The molecule has 5 nitrogen and oxygen atoms in total. The lowest BCUT2D eigenvalue weighted by Crippen LogP contribution is -2.53. The van der Waals surface area contributed by atoms with Crippen molar-refractivity contribution in [3.8, 4) is 0 Å². The van der Waals surface area contributed by atoms with E-state index in [1.165, 1.54) is 0 Å². The van der Waals surface area contributed by atoms with E-state index in [0.29, 0.717) is 12.1 Å². The van der Waals surface area contributed by atoms with Crippen LogP contribution in [0.25, 0.3) is 0 Å². The fourth-order valence-electron chi connectivity index (χ4n) is 1.91. The summed E-state index contributed by atoms with van der Waals surface area (Å²) in [5, 5.41) is 5.64. The highest BCUT2D eigenvalue weighted by atomic mass is 35.5. The SMILES string of the molecule is CCC(C)C(NC(=O)c1ccccc1)C(=O)N[C@@H](C)CN.Cl. The summed E-state index contributed by atoms with van der Waals surface area (Å²) >= 11 is 0. The van der Waals surface area contributed by atoms with Gasteiger partial charge in [-0.2, -0.15) is 0 Å². The van der Waals surface area contributed by atoms with Crippen molar-refractivity contribution in [2.24, 2.45) is 11.7 Å². The van der Waals surface area contributed by atoms with Gasteiger partial charge in [0.15, 0.2) is 0 Å². The van der Waals surface area contributed by atoms with Crippen molar-refractivity contribution in [2.75, 3.05) is 6.54 Å². The van der Waals surface area contributed by atoms with E-state index in [9.17, 15) is 9.59 Å². The fraction of sp³-hybridized carbons (Fsp3) is 0.500. The van der Waals surface area contributed by atoms with Gasteiger partial charge in [-0.3, -0.25) is 9.59 Å². The third-order valence-electron chi connectivity index (χ3n) is 3.56. The molecular formula is C16H26ClN3O2. The van der Waals surface area contributed by atoms with E-state index >= 15 is 0 Å². The van der Waals surface area contributed by atoms with Gasteiger partial charge in [-0.1, -0.05) is 38.5 Å². The van der Waals surface area contributed by atoms with Gasteiger partial charge in [0.05, 0.1) is 0 Å². The van der Waals surface area contributed by atoms with Gasteiger partial charge in [0.2, 0.25) is 5.91 Å². The lowest BCUT2D eigenvalue weighted by atomic mass is 9.97. The van der Waals surface area contributed by atoms with E-state index in [1.54, 1.807) is 24.3 Å². The smallest absolute Gasteiger partial charge is 0.251 e. The maximum Gasteiger partial charge on any atom is 0.251 e. The van der Waals surface area contributed by atoms with Crippen LogP contribution in [0.4, 0.5) is 0 Å². The minimum absolute atomic E-state index is 0. The maximum atomic E-state index is 12.3. The van der Waals surface area contributed by atoms with Crippen LogP contribution in [0.5, 0.6) is 0 Å². The standard InChI is InChI=1S/C16H25N3O2.ClH/c1-4-11(2)14(16(21)18-12(3)10-17)19-15(20)13-8-6-5-7-9-13;/h5-9,11-12,14H,4,10,17H2,1-3H3,(H,18,21)(H,19,20);1H/t11?,12-,14?;/m0./s1. The fourth-order valence-corrected chi connectivity index (χ4v) is 1.91. The van der Waals surface area contributed by atoms with Crippen LogP contribution in [-0.4, -0.2) is 30.4 Å². The van der Waals surface area contributed by atoms with Gasteiger partial charge in [-0.15, -0.1) is 12.4 Å². The molecule has 0 bridgehead atoms. The van der Waals surface area contributed by atoms with Gasteiger partial charge < -0.3 is 16.4 Å². The molecule has 0 saturated carbocycles. The second-order valence-corrected chi connectivity index (χ2v) is 5.35. The molecule has 0 saturated heterocycles. The highest BCUT2D eigenvalue weighted by Gasteiger charge is 2.26. The number of rotatable bonds is 7. The molecule has 6 heteroatoms. The molecule has 0 spiro atoms. The van der Waals surface area contributed by atoms with Gasteiger partial charge in [0, 0.05) is 18.2 Å². The number of amides is 2. The number of benzene rings is 1. The Labute approximate surface area is 138 Å². The number of hydrogen-bond donors (Lipinski definition) is 3. The number of hydrogen-bond acceptors (Lipinski definition) is 3. The first kappa shape index (κ1) is 20.4. The van der Waals surface area contributed by atoms with Crippen LogP contribution in [0.2, 0.25) is 0 Å². The number of halogens is 1. The molecule has 1 rings (SSSR count). The molecule has 0 aliphatic carbocycles. The van der Waals surface area contributed by atoms with Crippen LogP contribution >= 0.6 is 12.4 Å². The summed E-state index contributed by atoms with van der Waals surface area (Å²) in [6, 6.07) is 8.22. The Balaban J connectivity index is 0.00000441. The molecule has 0 aliphatic heterocycles. The van der Waals surface area contributed by atoms with Crippen molar-refractivity contribution >= 4 is 24.2 Å². The maximum absolute atomic E-state index is 12.3. The molecule has 2 amide bonds. The second-order valence-electron chi connectivity index (χ2n) is 5.35. The third-order valence-corrected chi connectivity index (χ3v) is 3.56. The largest absolute Gasteiger partial charge is 0.351 e. The zero-order chi connectivity index (χ0) is 15.8. The Morgan fingerprint density at radius 1 is 1.14 bits per heavy atom. The minimum Gasteiger partial charge on any atom is -0.351 e. The molecule has 124 valence electrons. The summed E-state index contributed by atoms with van der Waals surface area (Å²) in [7, 11) is 0. The zero-order valence-corrected chi connectivity index (χ0v) is 14.2. The first-order valence-corrected chi connectivity index (χ1v) is 7.35. The summed E-state index contributed by atoms with van der Waals surface area (Å²) in [6.07, 6.45) is 0.796. The third kappa shape index (κ3) is 6.03. The second kappa shape index (κ2) is 10.2. The molecule has 1 aromatic rings. The Morgan fingerprint density at radius 2 is 1.73 bits per heavy atom. The summed E-state index contributed by atoms with van der Waals surface area (Å²) in [6.45, 7) is 6.14. The average molecular weight is 328 g/mol. The van der Waals surface area contributed by atoms with Crippen LogP contribution in [0.1, 0.15) is 37.6 Å². The van der Waals surface area contributed by atoms with Gasteiger partial charge in [0.1, 0.15) is 6.04 Å². The van der Waals surface area contributed by atoms with Crippen molar-refractivity contribution in [1.29, 1.82) is 0 Å². The van der Waals surface area contributed by atoms with E-state index in [0.717, 1.165) is 6.42 Å². The van der Waals surface area contributed by atoms with Crippen molar-refractivity contribution in [2.45, 2.75) is 39.3 Å². The van der Waals surface area contributed by atoms with Crippen LogP contribution in [0.15, 0.2) is 30.3 Å². The first-order chi connectivity index (χ1) is 9.99. The molecule has 0 radical (unpaired) electrons. The van der Waals surface area contributed by atoms with Gasteiger partial charge in [-0.05, 0) is 25.0 Å². The van der Waals surface area contributed by atoms with Crippen LogP contribution < -0.4 is 16.4 Å². The van der Waals surface area contributed by atoms with E-state index in [-0.39, 0.29) is 36.2 Å². The van der Waals surface area contributed by atoms with Gasteiger partial charge in [-0.25, -0.2) is 0 Å². The molecule has 3 atom stereocenters. The Hall–Kier alpha value is -1.59. The van der Waals surface area contributed by atoms with Gasteiger partial charge >= 0.3 is 0 Å². The summed E-state index contributed by atoms with van der Waals surface area (Å²) in [5.74, 6) is -0.384. The van der Waals surface area contributed by atoms with Crippen LogP contribution in [0, 0.1) is 5.92 Å². The Morgan fingerprint density at radius 3 is 2.23 bits per heavy atom. The van der Waals surface area contributed by atoms with Crippen LogP contribution in [0.3, 0.4) is 0 Å². The monoisotopic (exact) mass is 327 g/mol. The normalized spacial score (nSPS) is 14.2. The summed E-state index contributed by atoms with van der Waals surface area (Å²) < 4.78 is 0. The number of nitrogens with one attached hydrogen (secondary N) is 2. The molecule has 0 aromatic heterocycles. The molecule has 0 aliphatic rings. The minimum atomic E-state index is -0.559. The van der Waals surface area contributed by atoms with E-state index in [4.69, 9.17) is 5.73 Å². The average Bonchev–Trinajstić information content (AvgIpc) is 2.52. The molecule has 22 heavy (non-hydrogen) atoms. The number of nitrogens with two attached hydrogens (primary N) is 1. The predicted molar refractivity (Wildman–Crippen MR) is 91.1 cm³/mol. The van der Waals surface area contributed by atoms with Gasteiger partial charge in [0.25, 0.3) is 5.91 Å². The predicted octanol–water partition coefficient (Wildman–Crippen LogP) is 1.72. The molecule has 2 unspecified atom stereocenters. The van der Waals surface area contributed by atoms with Crippen molar-refractivity contribution in [3.63, 3.8) is 0 Å². The van der Waals surface area contributed by atoms with Crippen molar-refractivity contribution in [3.05, 3.63) is 35.9 Å². The quantitative estimate of drug-likeness (QED) is 0.713. The van der Waals surface area contributed by atoms with E-state index < -0.39 is 6.04 Å². The molecular weight excluding hydrogens is 302 g/mol. The van der Waals surface area contributed by atoms with Crippen molar-refractivity contribution < 1.29 is 9.59 Å². The summed E-state index contributed by atoms with van der Waals surface area (Å²) in [4.78, 5) is 24.5. The summed E-state index contributed by atoms with van der Waals surface area (Å²) in [5.41, 5.74) is 6.07.